The van der Waals surface area contributed by atoms with Crippen molar-refractivity contribution in [2.75, 3.05) is 6.54 Å². The smallest absolute Gasteiger partial charge is 0.133 e. The van der Waals surface area contributed by atoms with Crippen molar-refractivity contribution >= 4 is 11.6 Å². The van der Waals surface area contributed by atoms with E-state index in [0.717, 1.165) is 35.7 Å². The van der Waals surface area contributed by atoms with Crippen LogP contribution in [-0.2, 0) is 6.54 Å². The van der Waals surface area contributed by atoms with Crippen molar-refractivity contribution in [2.24, 2.45) is 0 Å². The Bertz CT molecular complexity index is 596. The van der Waals surface area contributed by atoms with Crippen molar-refractivity contribution in [1.82, 2.24) is 5.32 Å². The summed E-state index contributed by atoms with van der Waals surface area (Å²) in [5, 5.41) is 4.00. The van der Waals surface area contributed by atoms with E-state index in [0.29, 0.717) is 5.02 Å². The van der Waals surface area contributed by atoms with Gasteiger partial charge in [-0.2, -0.15) is 0 Å². The van der Waals surface area contributed by atoms with Crippen LogP contribution in [0.4, 0.5) is 0 Å². The fourth-order valence-corrected chi connectivity index (χ4v) is 2.13. The Morgan fingerprint density at radius 2 is 1.85 bits per heavy atom. The SMILES string of the molecule is CCNCc1ccc(Cl)cc1Oc1cc(C)ccc1C. The average Bonchev–Trinajstić information content (AvgIpc) is 2.42. The molecule has 2 aromatic rings. The quantitative estimate of drug-likeness (QED) is 0.849. The second-order valence-corrected chi connectivity index (χ2v) is 5.34. The highest BCUT2D eigenvalue weighted by Crippen LogP contribution is 2.31. The van der Waals surface area contributed by atoms with Crippen molar-refractivity contribution < 1.29 is 4.74 Å². The van der Waals surface area contributed by atoms with Crippen LogP contribution in [0.3, 0.4) is 0 Å². The van der Waals surface area contributed by atoms with Gasteiger partial charge in [-0.25, -0.2) is 0 Å². The van der Waals surface area contributed by atoms with Gasteiger partial charge in [0.1, 0.15) is 11.5 Å². The van der Waals surface area contributed by atoms with E-state index in [2.05, 4.69) is 31.3 Å². The third-order valence-electron chi connectivity index (χ3n) is 3.16. The number of ether oxygens (including phenoxy) is 1. The molecule has 0 aliphatic heterocycles. The lowest BCUT2D eigenvalue weighted by Gasteiger charge is -2.14. The molecule has 1 N–H and O–H groups in total. The molecule has 106 valence electrons. The molecule has 0 unspecified atom stereocenters. The number of nitrogens with one attached hydrogen (secondary N) is 1. The van der Waals surface area contributed by atoms with Gasteiger partial charge in [0.05, 0.1) is 0 Å². The predicted octanol–water partition coefficient (Wildman–Crippen LogP) is 4.86. The van der Waals surface area contributed by atoms with Gasteiger partial charge in [-0.05, 0) is 49.7 Å². The topological polar surface area (TPSA) is 21.3 Å². The van der Waals surface area contributed by atoms with E-state index in [1.807, 2.05) is 31.2 Å². The standard InChI is InChI=1S/C17H20ClNO/c1-4-19-11-14-7-8-15(18)10-17(14)20-16-9-12(2)5-6-13(16)3/h5-10,19H,4,11H2,1-3H3. The van der Waals surface area contributed by atoms with E-state index >= 15 is 0 Å². The molecule has 2 rings (SSSR count). The molecule has 0 bridgehead atoms. The molecule has 0 aromatic heterocycles. The number of hydrogen-bond acceptors (Lipinski definition) is 2. The minimum Gasteiger partial charge on any atom is -0.457 e. The fourth-order valence-electron chi connectivity index (χ4n) is 1.96. The molecule has 0 aliphatic rings. The molecule has 0 saturated heterocycles. The van der Waals surface area contributed by atoms with E-state index in [-0.39, 0.29) is 0 Å². The maximum absolute atomic E-state index is 6.09. The number of hydrogen-bond donors (Lipinski definition) is 1. The third-order valence-corrected chi connectivity index (χ3v) is 3.39. The number of benzene rings is 2. The van der Waals surface area contributed by atoms with Crippen molar-refractivity contribution in [3.8, 4) is 11.5 Å². The number of halogens is 1. The van der Waals surface area contributed by atoms with Gasteiger partial charge in [-0.3, -0.25) is 0 Å². The van der Waals surface area contributed by atoms with E-state index in [4.69, 9.17) is 16.3 Å². The van der Waals surface area contributed by atoms with E-state index < -0.39 is 0 Å². The number of rotatable bonds is 5. The summed E-state index contributed by atoms with van der Waals surface area (Å²) in [6, 6.07) is 12.0. The molecule has 0 fully saturated rings. The van der Waals surface area contributed by atoms with E-state index in [1.165, 1.54) is 5.56 Å². The van der Waals surface area contributed by atoms with Gasteiger partial charge in [-0.15, -0.1) is 0 Å². The van der Waals surface area contributed by atoms with Gasteiger partial charge < -0.3 is 10.1 Å². The fraction of sp³-hybridized carbons (Fsp3) is 0.294. The Kier molecular flexibility index (Phi) is 5.05. The van der Waals surface area contributed by atoms with Gasteiger partial charge in [0.15, 0.2) is 0 Å². The summed E-state index contributed by atoms with van der Waals surface area (Å²) in [6.07, 6.45) is 0. The third kappa shape index (κ3) is 3.75. The Balaban J connectivity index is 2.31. The normalized spacial score (nSPS) is 10.6. The van der Waals surface area contributed by atoms with Crippen LogP contribution in [0, 0.1) is 13.8 Å². The van der Waals surface area contributed by atoms with Crippen LogP contribution in [0.1, 0.15) is 23.6 Å². The molecular formula is C17H20ClNO. The first-order valence-corrected chi connectivity index (χ1v) is 7.22. The summed E-state index contributed by atoms with van der Waals surface area (Å²) in [5.74, 6) is 1.69. The maximum atomic E-state index is 6.09. The lowest BCUT2D eigenvalue weighted by atomic mass is 10.1. The molecule has 0 atom stereocenters. The van der Waals surface area contributed by atoms with Gasteiger partial charge in [0.2, 0.25) is 0 Å². The largest absolute Gasteiger partial charge is 0.457 e. The zero-order valence-electron chi connectivity index (χ0n) is 12.2. The van der Waals surface area contributed by atoms with Crippen molar-refractivity contribution in [2.45, 2.75) is 27.3 Å². The molecule has 3 heteroatoms. The molecule has 0 heterocycles. The summed E-state index contributed by atoms with van der Waals surface area (Å²) in [7, 11) is 0. The van der Waals surface area contributed by atoms with Crippen LogP contribution in [0.25, 0.3) is 0 Å². The average molecular weight is 290 g/mol. The minimum absolute atomic E-state index is 0.686. The van der Waals surface area contributed by atoms with Crippen molar-refractivity contribution in [3.63, 3.8) is 0 Å². The Hall–Kier alpha value is -1.51. The Morgan fingerprint density at radius 1 is 1.05 bits per heavy atom. The van der Waals surface area contributed by atoms with Gasteiger partial charge in [-0.1, -0.05) is 36.7 Å². The molecule has 0 spiro atoms. The zero-order valence-corrected chi connectivity index (χ0v) is 12.9. The highest BCUT2D eigenvalue weighted by molar-refractivity contribution is 6.30. The predicted molar refractivity (Wildman–Crippen MR) is 84.8 cm³/mol. The van der Waals surface area contributed by atoms with Crippen LogP contribution in [-0.4, -0.2) is 6.54 Å². The second kappa shape index (κ2) is 6.78. The molecule has 2 nitrogen and oxygen atoms in total. The van der Waals surface area contributed by atoms with Gasteiger partial charge in [0, 0.05) is 17.1 Å². The molecule has 0 saturated carbocycles. The summed E-state index contributed by atoms with van der Waals surface area (Å²) >= 11 is 6.09. The molecule has 20 heavy (non-hydrogen) atoms. The zero-order chi connectivity index (χ0) is 14.5. The highest BCUT2D eigenvalue weighted by Gasteiger charge is 2.08. The summed E-state index contributed by atoms with van der Waals surface area (Å²) < 4.78 is 6.07. The van der Waals surface area contributed by atoms with E-state index in [1.54, 1.807) is 0 Å². The first-order valence-electron chi connectivity index (χ1n) is 6.84. The van der Waals surface area contributed by atoms with E-state index in [9.17, 15) is 0 Å². The summed E-state index contributed by atoms with van der Waals surface area (Å²) in [4.78, 5) is 0. The molecule has 2 aromatic carbocycles. The molecular weight excluding hydrogens is 270 g/mol. The lowest BCUT2D eigenvalue weighted by molar-refractivity contribution is 0.469. The van der Waals surface area contributed by atoms with Crippen molar-refractivity contribution in [3.05, 3.63) is 58.1 Å². The van der Waals surface area contributed by atoms with Crippen LogP contribution in [0.15, 0.2) is 36.4 Å². The first kappa shape index (κ1) is 14.9. The summed E-state index contributed by atoms with van der Waals surface area (Å²) in [5.41, 5.74) is 3.41. The molecule has 0 radical (unpaired) electrons. The highest BCUT2D eigenvalue weighted by atomic mass is 35.5. The lowest BCUT2D eigenvalue weighted by Crippen LogP contribution is -2.12. The second-order valence-electron chi connectivity index (χ2n) is 4.90. The van der Waals surface area contributed by atoms with Crippen LogP contribution < -0.4 is 10.1 Å². The van der Waals surface area contributed by atoms with Crippen LogP contribution >= 0.6 is 11.6 Å². The van der Waals surface area contributed by atoms with Crippen molar-refractivity contribution in [1.29, 1.82) is 0 Å². The van der Waals surface area contributed by atoms with Gasteiger partial charge in [0.25, 0.3) is 0 Å². The monoisotopic (exact) mass is 289 g/mol. The molecule has 0 amide bonds. The van der Waals surface area contributed by atoms with Crippen LogP contribution in [0.2, 0.25) is 5.02 Å². The number of aryl methyl sites for hydroxylation is 2. The maximum Gasteiger partial charge on any atom is 0.133 e. The Morgan fingerprint density at radius 3 is 2.60 bits per heavy atom. The first-order chi connectivity index (χ1) is 9.60. The minimum atomic E-state index is 0.686. The van der Waals surface area contributed by atoms with Gasteiger partial charge >= 0.3 is 0 Å². The molecule has 0 aliphatic carbocycles. The summed E-state index contributed by atoms with van der Waals surface area (Å²) in [6.45, 7) is 7.88. The van der Waals surface area contributed by atoms with Crippen LogP contribution in [0.5, 0.6) is 11.5 Å². The Labute approximate surface area is 125 Å².